The fourth-order valence-electron chi connectivity index (χ4n) is 1.18. The summed E-state index contributed by atoms with van der Waals surface area (Å²) in [4.78, 5) is 0. The highest BCUT2D eigenvalue weighted by Crippen LogP contribution is 2.22. The van der Waals surface area contributed by atoms with Gasteiger partial charge in [0.05, 0.1) is 0 Å². The van der Waals surface area contributed by atoms with Crippen LogP contribution in [0.5, 0.6) is 0 Å². The molecule has 0 aliphatic rings. The van der Waals surface area contributed by atoms with Gasteiger partial charge in [-0.25, -0.2) is 0 Å². The van der Waals surface area contributed by atoms with E-state index in [0.29, 0.717) is 10.6 Å². The van der Waals surface area contributed by atoms with Crippen LogP contribution < -0.4 is 5.32 Å². The van der Waals surface area contributed by atoms with Gasteiger partial charge in [0.15, 0.2) is 0 Å². The zero-order valence-corrected chi connectivity index (χ0v) is 9.47. The van der Waals surface area contributed by atoms with Crippen molar-refractivity contribution in [2.75, 3.05) is 0 Å². The van der Waals surface area contributed by atoms with Crippen molar-refractivity contribution in [3.63, 3.8) is 0 Å². The van der Waals surface area contributed by atoms with Gasteiger partial charge >= 0.3 is 0 Å². The van der Waals surface area contributed by atoms with Gasteiger partial charge in [0.1, 0.15) is 6.23 Å². The van der Waals surface area contributed by atoms with Crippen LogP contribution in [0.15, 0.2) is 24.3 Å². The number of hydrogen-bond donors (Lipinski definition) is 2. The van der Waals surface area contributed by atoms with Crippen molar-refractivity contribution >= 4 is 11.6 Å². The number of aliphatic hydroxyl groups excluding tert-OH is 1. The summed E-state index contributed by atoms with van der Waals surface area (Å²) < 4.78 is 0. The standard InChI is InChI=1S/C11H16ClNO/c1-11(2,3)13-10(14)8-6-4-5-7-9(8)12/h4-7,10,13-14H,1-3H3. The van der Waals surface area contributed by atoms with Crippen molar-refractivity contribution < 1.29 is 5.11 Å². The predicted octanol–water partition coefficient (Wildman–Crippen LogP) is 2.72. The summed E-state index contributed by atoms with van der Waals surface area (Å²) in [5.41, 5.74) is 0.572. The summed E-state index contributed by atoms with van der Waals surface area (Å²) in [6.45, 7) is 5.98. The molecule has 78 valence electrons. The molecular formula is C11H16ClNO. The molecule has 3 heteroatoms. The maximum atomic E-state index is 9.84. The highest BCUT2D eigenvalue weighted by molar-refractivity contribution is 6.31. The van der Waals surface area contributed by atoms with Gasteiger partial charge in [-0.2, -0.15) is 0 Å². The molecule has 2 nitrogen and oxygen atoms in total. The van der Waals surface area contributed by atoms with E-state index in [9.17, 15) is 5.11 Å². The van der Waals surface area contributed by atoms with Crippen molar-refractivity contribution in [2.45, 2.75) is 32.5 Å². The fraction of sp³-hybridized carbons (Fsp3) is 0.455. The Morgan fingerprint density at radius 1 is 1.29 bits per heavy atom. The molecule has 0 aliphatic carbocycles. The van der Waals surface area contributed by atoms with Crippen LogP contribution in [-0.4, -0.2) is 10.6 Å². The van der Waals surface area contributed by atoms with E-state index in [-0.39, 0.29) is 5.54 Å². The van der Waals surface area contributed by atoms with Gasteiger partial charge in [0.25, 0.3) is 0 Å². The second kappa shape index (κ2) is 4.30. The lowest BCUT2D eigenvalue weighted by molar-refractivity contribution is 0.107. The molecule has 1 atom stereocenters. The summed E-state index contributed by atoms with van der Waals surface area (Å²) in [5.74, 6) is 0. The smallest absolute Gasteiger partial charge is 0.132 e. The topological polar surface area (TPSA) is 32.3 Å². The SMILES string of the molecule is CC(C)(C)NC(O)c1ccccc1Cl. The molecule has 1 aromatic rings. The average Bonchev–Trinajstić information content (AvgIpc) is 2.01. The Hall–Kier alpha value is -0.570. The van der Waals surface area contributed by atoms with Crippen molar-refractivity contribution in [3.05, 3.63) is 34.9 Å². The molecule has 0 saturated heterocycles. The van der Waals surface area contributed by atoms with Gasteiger partial charge in [0, 0.05) is 16.1 Å². The van der Waals surface area contributed by atoms with Crippen molar-refractivity contribution in [1.82, 2.24) is 5.32 Å². The highest BCUT2D eigenvalue weighted by Gasteiger charge is 2.17. The van der Waals surface area contributed by atoms with E-state index < -0.39 is 6.23 Å². The zero-order chi connectivity index (χ0) is 10.8. The molecule has 1 aromatic carbocycles. The zero-order valence-electron chi connectivity index (χ0n) is 8.71. The third kappa shape index (κ3) is 3.29. The second-order valence-corrected chi connectivity index (χ2v) is 4.73. The molecule has 0 amide bonds. The van der Waals surface area contributed by atoms with Crippen LogP contribution in [0.3, 0.4) is 0 Å². The summed E-state index contributed by atoms with van der Waals surface area (Å²) in [5, 5.41) is 13.5. The monoisotopic (exact) mass is 213 g/mol. The summed E-state index contributed by atoms with van der Waals surface area (Å²) in [7, 11) is 0. The van der Waals surface area contributed by atoms with E-state index in [1.54, 1.807) is 6.07 Å². The Labute approximate surface area is 89.9 Å². The first-order valence-corrected chi connectivity index (χ1v) is 4.98. The van der Waals surface area contributed by atoms with Gasteiger partial charge in [-0.05, 0) is 26.8 Å². The predicted molar refractivity (Wildman–Crippen MR) is 59.3 cm³/mol. The van der Waals surface area contributed by atoms with Crippen molar-refractivity contribution in [2.24, 2.45) is 0 Å². The van der Waals surface area contributed by atoms with Crippen molar-refractivity contribution in [3.8, 4) is 0 Å². The summed E-state index contributed by atoms with van der Waals surface area (Å²) in [6.07, 6.45) is -0.719. The number of halogens is 1. The molecule has 1 rings (SSSR count). The Kier molecular flexibility index (Phi) is 3.53. The Balaban J connectivity index is 2.80. The molecule has 0 heterocycles. The van der Waals surface area contributed by atoms with E-state index in [0.717, 1.165) is 0 Å². The lowest BCUT2D eigenvalue weighted by Gasteiger charge is -2.25. The van der Waals surface area contributed by atoms with Crippen molar-refractivity contribution in [1.29, 1.82) is 0 Å². The molecule has 14 heavy (non-hydrogen) atoms. The molecule has 0 aliphatic heterocycles. The van der Waals surface area contributed by atoms with Crippen LogP contribution in [0, 0.1) is 0 Å². The average molecular weight is 214 g/mol. The third-order valence-electron chi connectivity index (χ3n) is 1.77. The largest absolute Gasteiger partial charge is 0.374 e. The molecule has 0 saturated carbocycles. The fourth-order valence-corrected chi connectivity index (χ4v) is 1.42. The van der Waals surface area contributed by atoms with Gasteiger partial charge in [-0.15, -0.1) is 0 Å². The minimum absolute atomic E-state index is 0.140. The number of benzene rings is 1. The summed E-state index contributed by atoms with van der Waals surface area (Å²) >= 11 is 5.95. The highest BCUT2D eigenvalue weighted by atomic mass is 35.5. The Morgan fingerprint density at radius 3 is 2.36 bits per heavy atom. The van der Waals surface area contributed by atoms with E-state index >= 15 is 0 Å². The van der Waals surface area contributed by atoms with E-state index in [1.807, 2.05) is 39.0 Å². The van der Waals surface area contributed by atoms with Crippen LogP contribution in [0.25, 0.3) is 0 Å². The number of nitrogens with one attached hydrogen (secondary N) is 1. The number of rotatable bonds is 2. The molecule has 0 aromatic heterocycles. The molecule has 1 unspecified atom stereocenters. The normalized spacial score (nSPS) is 14.1. The van der Waals surface area contributed by atoms with Gasteiger partial charge in [0.2, 0.25) is 0 Å². The van der Waals surface area contributed by atoms with Gasteiger partial charge in [-0.1, -0.05) is 29.8 Å². The maximum Gasteiger partial charge on any atom is 0.132 e. The van der Waals surface area contributed by atoms with Gasteiger partial charge in [-0.3, -0.25) is 5.32 Å². The number of aliphatic hydroxyl groups is 1. The molecule has 0 radical (unpaired) electrons. The van der Waals surface area contributed by atoms with Crippen LogP contribution in [0.4, 0.5) is 0 Å². The Bertz CT molecular complexity index is 306. The number of hydrogen-bond acceptors (Lipinski definition) is 2. The molecule has 2 N–H and O–H groups in total. The van der Waals surface area contributed by atoms with E-state index in [2.05, 4.69) is 5.32 Å². The molecular weight excluding hydrogens is 198 g/mol. The Morgan fingerprint density at radius 2 is 1.86 bits per heavy atom. The quantitative estimate of drug-likeness (QED) is 0.741. The van der Waals surface area contributed by atoms with E-state index in [4.69, 9.17) is 11.6 Å². The molecule has 0 fully saturated rings. The lowest BCUT2D eigenvalue weighted by atomic mass is 10.1. The first-order valence-electron chi connectivity index (χ1n) is 4.60. The summed E-state index contributed by atoms with van der Waals surface area (Å²) in [6, 6.07) is 7.28. The van der Waals surface area contributed by atoms with Crippen LogP contribution >= 0.6 is 11.6 Å². The maximum absolute atomic E-state index is 9.84. The minimum atomic E-state index is -0.719. The third-order valence-corrected chi connectivity index (χ3v) is 2.11. The molecule has 0 bridgehead atoms. The second-order valence-electron chi connectivity index (χ2n) is 4.32. The van der Waals surface area contributed by atoms with Crippen LogP contribution in [-0.2, 0) is 0 Å². The molecule has 0 spiro atoms. The van der Waals surface area contributed by atoms with Crippen LogP contribution in [0.2, 0.25) is 5.02 Å². The lowest BCUT2D eigenvalue weighted by Crippen LogP contribution is -2.38. The van der Waals surface area contributed by atoms with Gasteiger partial charge < -0.3 is 5.11 Å². The first kappa shape index (κ1) is 11.5. The first-order chi connectivity index (χ1) is 6.40. The van der Waals surface area contributed by atoms with Crippen LogP contribution in [0.1, 0.15) is 32.6 Å². The minimum Gasteiger partial charge on any atom is -0.374 e. The van der Waals surface area contributed by atoms with E-state index in [1.165, 1.54) is 0 Å².